The summed E-state index contributed by atoms with van der Waals surface area (Å²) in [6.07, 6.45) is 6.59. The van der Waals surface area contributed by atoms with Gasteiger partial charge in [0.1, 0.15) is 0 Å². The van der Waals surface area contributed by atoms with E-state index >= 15 is 0 Å². The molecule has 0 aromatic heterocycles. The highest BCUT2D eigenvalue weighted by Crippen LogP contribution is 2.30. The summed E-state index contributed by atoms with van der Waals surface area (Å²) >= 11 is 0. The van der Waals surface area contributed by atoms with Gasteiger partial charge in [-0.25, -0.2) is 0 Å². The van der Waals surface area contributed by atoms with Gasteiger partial charge in [-0.15, -0.1) is 0 Å². The van der Waals surface area contributed by atoms with Crippen molar-refractivity contribution in [3.63, 3.8) is 0 Å². The molecular formula is C17H24N2O. The Bertz CT molecular complexity index is 466. The predicted molar refractivity (Wildman–Crippen MR) is 80.8 cm³/mol. The zero-order valence-electron chi connectivity index (χ0n) is 12.0. The smallest absolute Gasteiger partial charge is 0.221 e. The maximum absolute atomic E-state index is 12.0. The fraction of sp³-hybridized carbons (Fsp3) is 0.588. The van der Waals surface area contributed by atoms with Crippen LogP contribution in [0.5, 0.6) is 0 Å². The quantitative estimate of drug-likeness (QED) is 0.883. The molecule has 1 aliphatic carbocycles. The molecule has 2 atom stereocenters. The third-order valence-electron chi connectivity index (χ3n) is 4.63. The minimum Gasteiger partial charge on any atom is -0.355 e. The van der Waals surface area contributed by atoms with E-state index in [-0.39, 0.29) is 5.91 Å². The zero-order chi connectivity index (χ0) is 13.8. The number of fused-ring (bicyclic) bond motifs is 1. The zero-order valence-corrected chi connectivity index (χ0v) is 12.0. The predicted octanol–water partition coefficient (Wildman–Crippen LogP) is 2.36. The van der Waals surface area contributed by atoms with Crippen LogP contribution in [0.2, 0.25) is 0 Å². The van der Waals surface area contributed by atoms with Crippen LogP contribution in [0.25, 0.3) is 0 Å². The van der Waals surface area contributed by atoms with E-state index in [1.54, 1.807) is 0 Å². The topological polar surface area (TPSA) is 41.1 Å². The second kappa shape index (κ2) is 6.40. The highest BCUT2D eigenvalue weighted by atomic mass is 16.1. The summed E-state index contributed by atoms with van der Waals surface area (Å²) in [7, 11) is 0. The summed E-state index contributed by atoms with van der Waals surface area (Å²) in [6, 6.07) is 9.08. The van der Waals surface area contributed by atoms with Crippen LogP contribution >= 0.6 is 0 Å². The van der Waals surface area contributed by atoms with E-state index in [0.717, 1.165) is 19.5 Å². The summed E-state index contributed by atoms with van der Waals surface area (Å²) < 4.78 is 0. The molecule has 1 aliphatic heterocycles. The molecule has 108 valence electrons. The van der Waals surface area contributed by atoms with E-state index in [1.165, 1.54) is 36.8 Å². The van der Waals surface area contributed by atoms with Gasteiger partial charge < -0.3 is 10.6 Å². The van der Waals surface area contributed by atoms with E-state index in [0.29, 0.717) is 18.4 Å². The summed E-state index contributed by atoms with van der Waals surface area (Å²) in [5.41, 5.74) is 2.91. The standard InChI is InChI=1S/C17H24N2O/c20-17(11-15-8-4-10-18-15)19-12-14-7-3-6-13-5-1-2-9-16(13)14/h1-2,5,9,14-15,18H,3-4,6-8,10-12H2,(H,19,20). The number of nitrogens with one attached hydrogen (secondary N) is 2. The van der Waals surface area contributed by atoms with Crippen molar-refractivity contribution in [2.75, 3.05) is 13.1 Å². The molecule has 3 rings (SSSR count). The lowest BCUT2D eigenvalue weighted by molar-refractivity contribution is -0.121. The minimum absolute atomic E-state index is 0.201. The number of rotatable bonds is 4. The number of hydrogen-bond donors (Lipinski definition) is 2. The first-order chi connectivity index (χ1) is 9.83. The van der Waals surface area contributed by atoms with Gasteiger partial charge >= 0.3 is 0 Å². The summed E-state index contributed by atoms with van der Waals surface area (Å²) in [4.78, 5) is 12.0. The van der Waals surface area contributed by atoms with Crippen molar-refractivity contribution < 1.29 is 4.79 Å². The summed E-state index contributed by atoms with van der Waals surface area (Å²) in [5.74, 6) is 0.702. The molecule has 1 aromatic carbocycles. The number of carbonyl (C=O) groups excluding carboxylic acids is 1. The van der Waals surface area contributed by atoms with E-state index < -0.39 is 0 Å². The van der Waals surface area contributed by atoms with Gasteiger partial charge in [-0.05, 0) is 49.8 Å². The van der Waals surface area contributed by atoms with Crippen molar-refractivity contribution in [2.45, 2.75) is 50.5 Å². The molecular weight excluding hydrogens is 248 g/mol. The van der Waals surface area contributed by atoms with Crippen LogP contribution in [-0.2, 0) is 11.2 Å². The van der Waals surface area contributed by atoms with Gasteiger partial charge in [0.15, 0.2) is 0 Å². The molecule has 1 fully saturated rings. The van der Waals surface area contributed by atoms with Crippen molar-refractivity contribution in [1.82, 2.24) is 10.6 Å². The van der Waals surface area contributed by atoms with Crippen LogP contribution in [0.3, 0.4) is 0 Å². The molecule has 3 heteroatoms. The Labute approximate surface area is 121 Å². The highest BCUT2D eigenvalue weighted by Gasteiger charge is 2.21. The van der Waals surface area contributed by atoms with Gasteiger partial charge in [-0.3, -0.25) is 4.79 Å². The Balaban J connectivity index is 1.52. The van der Waals surface area contributed by atoms with E-state index in [2.05, 4.69) is 34.9 Å². The van der Waals surface area contributed by atoms with E-state index in [4.69, 9.17) is 0 Å². The summed E-state index contributed by atoms with van der Waals surface area (Å²) in [5, 5.41) is 6.52. The molecule has 0 bridgehead atoms. The molecule has 0 spiro atoms. The molecule has 3 nitrogen and oxygen atoms in total. The fourth-order valence-corrected chi connectivity index (χ4v) is 3.53. The monoisotopic (exact) mass is 272 g/mol. The molecule has 0 saturated carbocycles. The van der Waals surface area contributed by atoms with Crippen LogP contribution in [0.15, 0.2) is 24.3 Å². The van der Waals surface area contributed by atoms with Crippen molar-refractivity contribution in [2.24, 2.45) is 0 Å². The van der Waals surface area contributed by atoms with Crippen LogP contribution in [0.4, 0.5) is 0 Å². The maximum Gasteiger partial charge on any atom is 0.221 e. The number of hydrogen-bond acceptors (Lipinski definition) is 2. The molecule has 1 saturated heterocycles. The van der Waals surface area contributed by atoms with Crippen molar-refractivity contribution in [1.29, 1.82) is 0 Å². The Kier molecular flexibility index (Phi) is 4.36. The molecule has 2 unspecified atom stereocenters. The highest BCUT2D eigenvalue weighted by molar-refractivity contribution is 5.76. The SMILES string of the molecule is O=C(CC1CCCN1)NCC1CCCc2ccccc21. The van der Waals surface area contributed by atoms with Crippen LogP contribution in [0, 0.1) is 0 Å². The van der Waals surface area contributed by atoms with Crippen LogP contribution in [0.1, 0.15) is 49.1 Å². The Morgan fingerprint density at radius 2 is 2.15 bits per heavy atom. The van der Waals surface area contributed by atoms with Crippen molar-refractivity contribution in [3.8, 4) is 0 Å². The first kappa shape index (κ1) is 13.6. The number of aryl methyl sites for hydroxylation is 1. The number of benzene rings is 1. The third-order valence-corrected chi connectivity index (χ3v) is 4.63. The first-order valence-electron chi connectivity index (χ1n) is 7.91. The largest absolute Gasteiger partial charge is 0.355 e. The van der Waals surface area contributed by atoms with E-state index in [1.807, 2.05) is 0 Å². The lowest BCUT2D eigenvalue weighted by Crippen LogP contribution is -2.34. The first-order valence-corrected chi connectivity index (χ1v) is 7.91. The van der Waals surface area contributed by atoms with Gasteiger partial charge in [-0.2, -0.15) is 0 Å². The van der Waals surface area contributed by atoms with Crippen molar-refractivity contribution >= 4 is 5.91 Å². The van der Waals surface area contributed by atoms with Gasteiger partial charge in [0.05, 0.1) is 0 Å². The number of carbonyl (C=O) groups is 1. The van der Waals surface area contributed by atoms with Crippen LogP contribution < -0.4 is 10.6 Å². The molecule has 20 heavy (non-hydrogen) atoms. The summed E-state index contributed by atoms with van der Waals surface area (Å²) in [6.45, 7) is 1.86. The minimum atomic E-state index is 0.201. The number of amides is 1. The second-order valence-electron chi connectivity index (χ2n) is 6.09. The fourth-order valence-electron chi connectivity index (χ4n) is 3.53. The molecule has 1 heterocycles. The molecule has 0 radical (unpaired) electrons. The molecule has 1 aromatic rings. The molecule has 2 aliphatic rings. The second-order valence-corrected chi connectivity index (χ2v) is 6.09. The van der Waals surface area contributed by atoms with Crippen LogP contribution in [-0.4, -0.2) is 25.0 Å². The molecule has 2 N–H and O–H groups in total. The lowest BCUT2D eigenvalue weighted by atomic mass is 9.83. The third kappa shape index (κ3) is 3.21. The normalized spacial score (nSPS) is 25.2. The lowest BCUT2D eigenvalue weighted by Gasteiger charge is -2.25. The Morgan fingerprint density at radius 1 is 1.25 bits per heavy atom. The van der Waals surface area contributed by atoms with Gasteiger partial charge in [-0.1, -0.05) is 24.3 Å². The maximum atomic E-state index is 12.0. The van der Waals surface area contributed by atoms with Gasteiger partial charge in [0.25, 0.3) is 0 Å². The van der Waals surface area contributed by atoms with Gasteiger partial charge in [0, 0.05) is 24.9 Å². The van der Waals surface area contributed by atoms with Crippen molar-refractivity contribution in [3.05, 3.63) is 35.4 Å². The average molecular weight is 272 g/mol. The Morgan fingerprint density at radius 3 is 3.00 bits per heavy atom. The Hall–Kier alpha value is -1.35. The van der Waals surface area contributed by atoms with Gasteiger partial charge in [0.2, 0.25) is 5.91 Å². The average Bonchev–Trinajstić information content (AvgIpc) is 2.98. The van der Waals surface area contributed by atoms with E-state index in [9.17, 15) is 4.79 Å². The molecule has 1 amide bonds.